The van der Waals surface area contributed by atoms with Crippen molar-refractivity contribution in [1.29, 1.82) is 0 Å². The van der Waals surface area contributed by atoms with Crippen molar-refractivity contribution in [2.24, 2.45) is 5.73 Å². The van der Waals surface area contributed by atoms with Crippen LogP contribution in [0.2, 0.25) is 0 Å². The molecule has 0 aliphatic heterocycles. The third kappa shape index (κ3) is 2.24. The second kappa shape index (κ2) is 4.75. The smallest absolute Gasteiger partial charge is 0.415 e. The Balaban J connectivity index is 2.42. The van der Waals surface area contributed by atoms with Gasteiger partial charge in [0.15, 0.2) is 0 Å². The van der Waals surface area contributed by atoms with Crippen molar-refractivity contribution >= 4 is 22.9 Å². The summed E-state index contributed by atoms with van der Waals surface area (Å²) in [7, 11) is 0. The van der Waals surface area contributed by atoms with E-state index in [1.165, 1.54) is 0 Å². The number of carboxylic acid groups (broad SMARTS) is 1. The number of imide groups is 1. The van der Waals surface area contributed by atoms with Crippen molar-refractivity contribution in [3.05, 3.63) is 48.0 Å². The molecule has 18 heavy (non-hydrogen) atoms. The van der Waals surface area contributed by atoms with E-state index in [-0.39, 0.29) is 6.54 Å². The Hall–Kier alpha value is -2.56. The van der Waals surface area contributed by atoms with E-state index in [1.54, 1.807) is 6.07 Å². The van der Waals surface area contributed by atoms with E-state index in [0.29, 0.717) is 4.90 Å². The summed E-state index contributed by atoms with van der Waals surface area (Å²) in [6.07, 6.45) is -1.35. The zero-order valence-corrected chi connectivity index (χ0v) is 9.54. The van der Waals surface area contributed by atoms with Gasteiger partial charge in [0, 0.05) is 0 Å². The van der Waals surface area contributed by atoms with Crippen LogP contribution in [0.4, 0.5) is 9.59 Å². The van der Waals surface area contributed by atoms with Crippen LogP contribution in [0.3, 0.4) is 0 Å². The summed E-state index contributed by atoms with van der Waals surface area (Å²) < 4.78 is 0. The van der Waals surface area contributed by atoms with Crippen molar-refractivity contribution in [2.75, 3.05) is 0 Å². The van der Waals surface area contributed by atoms with Gasteiger partial charge in [0.1, 0.15) is 0 Å². The molecule has 0 heterocycles. The maximum atomic E-state index is 11.0. The molecule has 0 saturated carbocycles. The van der Waals surface area contributed by atoms with Crippen LogP contribution < -0.4 is 5.73 Å². The van der Waals surface area contributed by atoms with Crippen LogP contribution in [0.25, 0.3) is 10.8 Å². The van der Waals surface area contributed by atoms with Crippen LogP contribution >= 0.6 is 0 Å². The molecule has 0 bridgehead atoms. The summed E-state index contributed by atoms with van der Waals surface area (Å²) in [5, 5.41) is 10.8. The lowest BCUT2D eigenvalue weighted by Gasteiger charge is -2.15. The fourth-order valence-electron chi connectivity index (χ4n) is 1.84. The zero-order chi connectivity index (χ0) is 13.1. The summed E-state index contributed by atoms with van der Waals surface area (Å²) >= 11 is 0. The molecule has 5 heteroatoms. The van der Waals surface area contributed by atoms with Crippen LogP contribution in [0, 0.1) is 0 Å². The van der Waals surface area contributed by atoms with Gasteiger partial charge in [-0.05, 0) is 16.3 Å². The number of carbonyl (C=O) groups excluding carboxylic acids is 1. The lowest BCUT2D eigenvalue weighted by atomic mass is 10.0. The molecule has 2 rings (SSSR count). The highest BCUT2D eigenvalue weighted by Crippen LogP contribution is 2.19. The number of hydrogen-bond donors (Lipinski definition) is 2. The predicted molar refractivity (Wildman–Crippen MR) is 67.1 cm³/mol. The number of rotatable bonds is 2. The summed E-state index contributed by atoms with van der Waals surface area (Å²) in [4.78, 5) is 22.5. The molecule has 0 radical (unpaired) electrons. The molecule has 0 unspecified atom stereocenters. The van der Waals surface area contributed by atoms with E-state index in [2.05, 4.69) is 0 Å². The molecule has 2 aromatic rings. The summed E-state index contributed by atoms with van der Waals surface area (Å²) in [5.41, 5.74) is 5.78. The number of primary amides is 1. The molecule has 0 saturated heterocycles. The molecular weight excluding hydrogens is 232 g/mol. The van der Waals surface area contributed by atoms with E-state index >= 15 is 0 Å². The molecular formula is C13H12N2O3. The fraction of sp³-hybridized carbons (Fsp3) is 0.0769. The van der Waals surface area contributed by atoms with Gasteiger partial charge in [-0.15, -0.1) is 0 Å². The maximum absolute atomic E-state index is 11.0. The second-order valence-corrected chi connectivity index (χ2v) is 3.85. The van der Waals surface area contributed by atoms with Crippen LogP contribution in [-0.4, -0.2) is 22.1 Å². The maximum Gasteiger partial charge on any atom is 0.415 e. The van der Waals surface area contributed by atoms with E-state index in [0.717, 1.165) is 16.3 Å². The van der Waals surface area contributed by atoms with E-state index in [9.17, 15) is 9.59 Å². The Kier molecular flexibility index (Phi) is 3.14. The SMILES string of the molecule is NC(=O)N(Cc1cccc2ccccc12)C(=O)O. The number of hydrogen-bond acceptors (Lipinski definition) is 2. The van der Waals surface area contributed by atoms with Crippen molar-refractivity contribution < 1.29 is 14.7 Å². The fourth-order valence-corrected chi connectivity index (χ4v) is 1.84. The minimum absolute atomic E-state index is 0.0496. The highest BCUT2D eigenvalue weighted by atomic mass is 16.4. The molecule has 0 aromatic heterocycles. The Labute approximate surface area is 103 Å². The summed E-state index contributed by atoms with van der Waals surface area (Å²) in [6, 6.07) is 12.1. The van der Waals surface area contributed by atoms with Crippen LogP contribution in [0.15, 0.2) is 42.5 Å². The predicted octanol–water partition coefficient (Wildman–Crippen LogP) is 2.40. The van der Waals surface area contributed by atoms with E-state index in [1.807, 2.05) is 36.4 Å². The van der Waals surface area contributed by atoms with Crippen LogP contribution in [0.1, 0.15) is 5.56 Å². The number of amides is 3. The van der Waals surface area contributed by atoms with Crippen molar-refractivity contribution in [3.63, 3.8) is 0 Å². The quantitative estimate of drug-likeness (QED) is 0.850. The number of benzene rings is 2. The number of nitrogens with two attached hydrogens (primary N) is 1. The standard InChI is InChI=1S/C13H12N2O3/c14-12(16)15(13(17)18)8-10-6-3-5-9-4-1-2-7-11(9)10/h1-7H,8H2,(H2,14,16)(H,17,18). The third-order valence-corrected chi connectivity index (χ3v) is 2.71. The van der Waals surface area contributed by atoms with Gasteiger partial charge in [-0.3, -0.25) is 0 Å². The van der Waals surface area contributed by atoms with Gasteiger partial charge in [0.05, 0.1) is 6.54 Å². The normalized spacial score (nSPS) is 10.2. The molecule has 2 aromatic carbocycles. The Morgan fingerprint density at radius 2 is 1.78 bits per heavy atom. The second-order valence-electron chi connectivity index (χ2n) is 3.85. The van der Waals surface area contributed by atoms with Gasteiger partial charge in [0.25, 0.3) is 0 Å². The average molecular weight is 244 g/mol. The van der Waals surface area contributed by atoms with Crippen LogP contribution in [-0.2, 0) is 6.54 Å². The van der Waals surface area contributed by atoms with Crippen LogP contribution in [0.5, 0.6) is 0 Å². The number of fused-ring (bicyclic) bond motifs is 1. The lowest BCUT2D eigenvalue weighted by molar-refractivity contribution is 0.149. The van der Waals surface area contributed by atoms with Gasteiger partial charge in [-0.1, -0.05) is 42.5 Å². The molecule has 3 N–H and O–H groups in total. The zero-order valence-electron chi connectivity index (χ0n) is 9.54. The average Bonchev–Trinajstić information content (AvgIpc) is 2.35. The van der Waals surface area contributed by atoms with Gasteiger partial charge in [-0.25, -0.2) is 14.5 Å². The molecule has 3 amide bonds. The van der Waals surface area contributed by atoms with E-state index in [4.69, 9.17) is 10.8 Å². The van der Waals surface area contributed by atoms with Gasteiger partial charge >= 0.3 is 12.1 Å². The largest absolute Gasteiger partial charge is 0.465 e. The monoisotopic (exact) mass is 244 g/mol. The topological polar surface area (TPSA) is 83.6 Å². The van der Waals surface area contributed by atoms with Gasteiger partial charge in [-0.2, -0.15) is 0 Å². The third-order valence-electron chi connectivity index (χ3n) is 2.71. The molecule has 5 nitrogen and oxygen atoms in total. The molecule has 0 aliphatic carbocycles. The first-order valence-corrected chi connectivity index (χ1v) is 5.36. The molecule has 0 aliphatic rings. The molecule has 0 spiro atoms. The minimum atomic E-state index is -1.35. The summed E-state index contributed by atoms with van der Waals surface area (Å²) in [5.74, 6) is 0. The number of urea groups is 1. The first-order chi connectivity index (χ1) is 8.59. The number of nitrogens with zero attached hydrogens (tertiary/aromatic N) is 1. The van der Waals surface area contributed by atoms with Gasteiger partial charge in [0.2, 0.25) is 0 Å². The van der Waals surface area contributed by atoms with Gasteiger partial charge < -0.3 is 10.8 Å². The van der Waals surface area contributed by atoms with Crippen molar-refractivity contribution in [1.82, 2.24) is 4.90 Å². The minimum Gasteiger partial charge on any atom is -0.465 e. The molecule has 92 valence electrons. The first-order valence-electron chi connectivity index (χ1n) is 5.36. The number of carbonyl (C=O) groups is 2. The summed E-state index contributed by atoms with van der Waals surface area (Å²) in [6.45, 7) is -0.0496. The lowest BCUT2D eigenvalue weighted by Crippen LogP contribution is -2.39. The molecule has 0 fully saturated rings. The highest BCUT2D eigenvalue weighted by molar-refractivity contribution is 5.90. The Morgan fingerprint density at radius 1 is 1.11 bits per heavy atom. The van der Waals surface area contributed by atoms with E-state index < -0.39 is 12.1 Å². The Bertz CT molecular complexity index is 591. The first kappa shape index (κ1) is 11.9. The highest BCUT2D eigenvalue weighted by Gasteiger charge is 2.18. The van der Waals surface area contributed by atoms with Crippen molar-refractivity contribution in [3.8, 4) is 0 Å². The van der Waals surface area contributed by atoms with Crippen molar-refractivity contribution in [2.45, 2.75) is 6.54 Å². The Morgan fingerprint density at radius 3 is 2.44 bits per heavy atom. The molecule has 0 atom stereocenters.